The van der Waals surface area contributed by atoms with Crippen LogP contribution in [0.3, 0.4) is 0 Å². The van der Waals surface area contributed by atoms with E-state index in [2.05, 4.69) is 20.6 Å². The Balaban J connectivity index is 1.35. The van der Waals surface area contributed by atoms with Gasteiger partial charge in [-0.2, -0.15) is 13.9 Å². The largest absolute Gasteiger partial charge is 0.415 e. The zero-order chi connectivity index (χ0) is 23.1. The number of aromatic nitrogens is 4. The molecule has 172 valence electrons. The highest BCUT2D eigenvalue weighted by Gasteiger charge is 2.39. The summed E-state index contributed by atoms with van der Waals surface area (Å²) in [5, 5.41) is 14.1. The van der Waals surface area contributed by atoms with Crippen molar-refractivity contribution in [2.45, 2.75) is 50.7 Å². The van der Waals surface area contributed by atoms with Crippen LogP contribution in [0, 0.1) is 0 Å². The molecular formula is C22H22F2N6O3. The predicted octanol–water partition coefficient (Wildman–Crippen LogP) is 3.10. The zero-order valence-electron chi connectivity index (χ0n) is 17.9. The number of carbonyl (C=O) groups is 2. The van der Waals surface area contributed by atoms with Crippen LogP contribution in [-0.4, -0.2) is 48.8 Å². The van der Waals surface area contributed by atoms with E-state index in [9.17, 15) is 18.4 Å². The molecule has 0 bridgehead atoms. The molecule has 5 rings (SSSR count). The molecule has 2 aliphatic rings. The van der Waals surface area contributed by atoms with E-state index >= 15 is 0 Å². The van der Waals surface area contributed by atoms with Crippen molar-refractivity contribution in [3.8, 4) is 11.5 Å². The van der Waals surface area contributed by atoms with Gasteiger partial charge in [0.15, 0.2) is 0 Å². The Bertz CT molecular complexity index is 1210. The molecule has 2 amide bonds. The average molecular weight is 456 g/mol. The van der Waals surface area contributed by atoms with Crippen molar-refractivity contribution < 1.29 is 22.8 Å². The van der Waals surface area contributed by atoms with Gasteiger partial charge in [0.2, 0.25) is 5.89 Å². The van der Waals surface area contributed by atoms with Crippen molar-refractivity contribution in [2.75, 3.05) is 0 Å². The second kappa shape index (κ2) is 8.38. The summed E-state index contributed by atoms with van der Waals surface area (Å²) in [5.41, 5.74) is 2.20. The zero-order valence-corrected chi connectivity index (χ0v) is 17.9. The van der Waals surface area contributed by atoms with Gasteiger partial charge in [-0.15, -0.1) is 10.2 Å². The summed E-state index contributed by atoms with van der Waals surface area (Å²) in [7, 11) is 1.75. The summed E-state index contributed by atoms with van der Waals surface area (Å²) in [6.45, 7) is 0.421. The van der Waals surface area contributed by atoms with E-state index in [1.54, 1.807) is 41.0 Å². The first-order valence-corrected chi connectivity index (χ1v) is 10.8. The van der Waals surface area contributed by atoms with Gasteiger partial charge in [-0.05, 0) is 30.5 Å². The molecule has 1 saturated carbocycles. The van der Waals surface area contributed by atoms with Gasteiger partial charge in [0.1, 0.15) is 0 Å². The van der Waals surface area contributed by atoms with Gasteiger partial charge in [-0.1, -0.05) is 18.9 Å². The van der Waals surface area contributed by atoms with E-state index in [0.717, 1.165) is 31.2 Å². The van der Waals surface area contributed by atoms with Gasteiger partial charge in [-0.25, -0.2) is 0 Å². The second-order valence-corrected chi connectivity index (χ2v) is 8.39. The monoisotopic (exact) mass is 456 g/mol. The third-order valence-electron chi connectivity index (χ3n) is 6.23. The minimum absolute atomic E-state index is 0.0568. The number of amides is 2. The average Bonchev–Trinajstić information content (AvgIpc) is 3.53. The molecule has 1 aliphatic heterocycles. The highest BCUT2D eigenvalue weighted by Crippen LogP contribution is 2.34. The lowest BCUT2D eigenvalue weighted by Gasteiger charge is -2.38. The molecule has 0 radical (unpaired) electrons. The van der Waals surface area contributed by atoms with Crippen LogP contribution >= 0.6 is 0 Å². The van der Waals surface area contributed by atoms with Crippen LogP contribution in [0.25, 0.3) is 11.5 Å². The number of halogens is 2. The van der Waals surface area contributed by atoms with E-state index in [1.165, 1.54) is 6.20 Å². The van der Waals surface area contributed by atoms with Crippen LogP contribution in [0.5, 0.6) is 0 Å². The molecule has 1 fully saturated rings. The maximum absolute atomic E-state index is 13.3. The normalized spacial score (nSPS) is 20.4. The number of benzene rings is 1. The molecule has 1 aromatic carbocycles. The quantitative estimate of drug-likeness (QED) is 0.632. The van der Waals surface area contributed by atoms with Crippen molar-refractivity contribution in [2.24, 2.45) is 7.05 Å². The summed E-state index contributed by atoms with van der Waals surface area (Å²) >= 11 is 0. The third-order valence-corrected chi connectivity index (χ3v) is 6.23. The van der Waals surface area contributed by atoms with Gasteiger partial charge >= 0.3 is 6.43 Å². The Hall–Kier alpha value is -3.63. The van der Waals surface area contributed by atoms with E-state index in [1.807, 2.05) is 0 Å². The van der Waals surface area contributed by atoms with Crippen molar-refractivity contribution in [1.82, 2.24) is 30.2 Å². The molecule has 11 heteroatoms. The Morgan fingerprint density at radius 3 is 2.79 bits per heavy atom. The first-order valence-electron chi connectivity index (χ1n) is 10.8. The summed E-state index contributed by atoms with van der Waals surface area (Å²) < 4.78 is 32.2. The lowest BCUT2D eigenvalue weighted by atomic mass is 9.89. The van der Waals surface area contributed by atoms with Crippen LogP contribution in [0.2, 0.25) is 0 Å². The predicted molar refractivity (Wildman–Crippen MR) is 111 cm³/mol. The van der Waals surface area contributed by atoms with Crippen molar-refractivity contribution in [1.29, 1.82) is 0 Å². The van der Waals surface area contributed by atoms with Crippen LogP contribution in [0.4, 0.5) is 8.78 Å². The molecule has 1 N–H and O–H groups in total. The van der Waals surface area contributed by atoms with Crippen molar-refractivity contribution >= 4 is 11.8 Å². The number of rotatable bonds is 5. The Kier molecular flexibility index (Phi) is 5.39. The fraction of sp³-hybridized carbons (Fsp3) is 0.409. The number of fused-ring (bicyclic) bond motifs is 1. The first kappa shape index (κ1) is 21.2. The fourth-order valence-corrected chi connectivity index (χ4v) is 4.61. The maximum atomic E-state index is 13.3. The number of aryl methyl sites for hydroxylation is 1. The van der Waals surface area contributed by atoms with Gasteiger partial charge in [0, 0.05) is 37.0 Å². The minimum Gasteiger partial charge on any atom is -0.415 e. The minimum atomic E-state index is -2.86. The number of nitrogens with one attached hydrogen (secondary N) is 1. The van der Waals surface area contributed by atoms with E-state index < -0.39 is 12.3 Å². The highest BCUT2D eigenvalue weighted by atomic mass is 19.3. The van der Waals surface area contributed by atoms with E-state index in [0.29, 0.717) is 23.2 Å². The molecule has 0 saturated heterocycles. The SMILES string of the molecule is Cn1cc(C(=O)N[C@@H]2CCCC[C@H]2N2Cc3ccc(-c4nnc(C(F)F)o4)cc3C2=O)cn1. The number of hydrogen-bond donors (Lipinski definition) is 1. The summed E-state index contributed by atoms with van der Waals surface area (Å²) in [6.07, 6.45) is 3.81. The highest BCUT2D eigenvalue weighted by molar-refractivity contribution is 5.99. The van der Waals surface area contributed by atoms with E-state index in [4.69, 9.17) is 4.42 Å². The molecule has 33 heavy (non-hydrogen) atoms. The Morgan fingerprint density at radius 2 is 2.06 bits per heavy atom. The van der Waals surface area contributed by atoms with Crippen LogP contribution in [0.15, 0.2) is 35.0 Å². The number of nitrogens with zero attached hydrogens (tertiary/aromatic N) is 5. The topological polar surface area (TPSA) is 106 Å². The first-order chi connectivity index (χ1) is 15.9. The molecular weight excluding hydrogens is 434 g/mol. The number of carbonyl (C=O) groups excluding carboxylic acids is 2. The van der Waals surface area contributed by atoms with Gasteiger partial charge in [0.25, 0.3) is 17.7 Å². The van der Waals surface area contributed by atoms with Crippen molar-refractivity contribution in [3.63, 3.8) is 0 Å². The molecule has 9 nitrogen and oxygen atoms in total. The van der Waals surface area contributed by atoms with Gasteiger partial charge < -0.3 is 14.6 Å². The number of hydrogen-bond acceptors (Lipinski definition) is 6. The standard InChI is InChI=1S/C22H22F2N6O3/c1-29-10-14(9-25-29)19(31)26-16-4-2-3-5-17(16)30-11-13-7-6-12(8-15(13)22(30)32)20-27-28-21(33-20)18(23)24/h6-10,16-18H,2-5,11H2,1H3,(H,26,31)/t16-,17-/m1/s1. The number of alkyl halides is 2. The van der Waals surface area contributed by atoms with Gasteiger partial charge in [-0.3, -0.25) is 14.3 Å². The second-order valence-electron chi connectivity index (χ2n) is 8.39. The molecule has 2 atom stereocenters. The van der Waals surface area contributed by atoms with Crippen molar-refractivity contribution in [3.05, 3.63) is 53.2 Å². The van der Waals surface area contributed by atoms with E-state index in [-0.39, 0.29) is 29.8 Å². The van der Waals surface area contributed by atoms with Gasteiger partial charge in [0.05, 0.1) is 17.8 Å². The van der Waals surface area contributed by atoms with Crippen LogP contribution in [-0.2, 0) is 13.6 Å². The maximum Gasteiger partial charge on any atom is 0.314 e. The lowest BCUT2D eigenvalue weighted by Crippen LogP contribution is -2.53. The molecule has 1 aliphatic carbocycles. The Labute approximate surface area is 187 Å². The lowest BCUT2D eigenvalue weighted by molar-refractivity contribution is 0.0582. The van der Waals surface area contributed by atoms with Crippen LogP contribution in [0.1, 0.15) is 64.3 Å². The smallest absolute Gasteiger partial charge is 0.314 e. The Morgan fingerprint density at radius 1 is 1.24 bits per heavy atom. The fourth-order valence-electron chi connectivity index (χ4n) is 4.61. The van der Waals surface area contributed by atoms with Crippen LogP contribution < -0.4 is 5.32 Å². The molecule has 3 heterocycles. The summed E-state index contributed by atoms with van der Waals surface area (Å²) in [5.74, 6) is -1.18. The molecule has 2 aromatic heterocycles. The molecule has 0 spiro atoms. The summed E-state index contributed by atoms with van der Waals surface area (Å²) in [6, 6.07) is 4.75. The molecule has 3 aromatic rings. The third kappa shape index (κ3) is 3.98. The molecule has 0 unspecified atom stereocenters. The summed E-state index contributed by atoms with van der Waals surface area (Å²) in [4.78, 5) is 27.8.